The molecule has 1 saturated heterocycles. The minimum Gasteiger partial charge on any atom is -0.385 e. The Morgan fingerprint density at radius 2 is 1.67 bits per heavy atom. The van der Waals surface area contributed by atoms with Crippen molar-refractivity contribution in [1.82, 2.24) is 9.88 Å². The number of amides is 1. The van der Waals surface area contributed by atoms with Crippen LogP contribution in [0.25, 0.3) is 10.9 Å². The molecule has 4 aromatic rings. The van der Waals surface area contributed by atoms with Crippen LogP contribution in [0.15, 0.2) is 90.0 Å². The molecule has 5 rings (SSSR count). The van der Waals surface area contributed by atoms with E-state index in [0.29, 0.717) is 42.7 Å². The number of anilines is 1. The number of hydrogen-bond donors (Lipinski definition) is 2. The zero-order chi connectivity index (χ0) is 25.3. The van der Waals surface area contributed by atoms with E-state index < -0.39 is 15.6 Å². The third-order valence-corrected chi connectivity index (χ3v) is 8.12. The van der Waals surface area contributed by atoms with Crippen molar-refractivity contribution in [2.75, 3.05) is 17.8 Å². The molecule has 184 valence electrons. The maximum absolute atomic E-state index is 13.1. The molecule has 2 heterocycles. The van der Waals surface area contributed by atoms with Crippen molar-refractivity contribution in [2.45, 2.75) is 30.3 Å². The van der Waals surface area contributed by atoms with Crippen LogP contribution in [-0.2, 0) is 15.6 Å². The topological polar surface area (TPSA) is 99.6 Å². The number of nitrogens with zero attached hydrogens (tertiary/aromatic N) is 2. The van der Waals surface area contributed by atoms with Crippen molar-refractivity contribution in [3.05, 3.63) is 102 Å². The Bertz CT molecular complexity index is 1520. The van der Waals surface area contributed by atoms with Crippen molar-refractivity contribution in [1.29, 1.82) is 0 Å². The van der Waals surface area contributed by atoms with Crippen LogP contribution >= 0.6 is 0 Å². The van der Waals surface area contributed by atoms with Gasteiger partial charge in [-0.1, -0.05) is 48.0 Å². The molecule has 0 radical (unpaired) electrons. The molecule has 0 bridgehead atoms. The molecule has 7 nitrogen and oxygen atoms in total. The number of carbonyl (C=O) groups is 1. The number of aromatic nitrogens is 1. The van der Waals surface area contributed by atoms with E-state index in [0.717, 1.165) is 16.5 Å². The van der Waals surface area contributed by atoms with Gasteiger partial charge in [-0.05, 0) is 61.7 Å². The second-order valence-electron chi connectivity index (χ2n) is 9.21. The van der Waals surface area contributed by atoms with Gasteiger partial charge < -0.3 is 10.0 Å². The summed E-state index contributed by atoms with van der Waals surface area (Å²) in [5.74, 6) is -0.144. The lowest BCUT2D eigenvalue weighted by atomic mass is 9.83. The van der Waals surface area contributed by atoms with Gasteiger partial charge in [0.15, 0.2) is 0 Å². The van der Waals surface area contributed by atoms with Gasteiger partial charge >= 0.3 is 0 Å². The summed E-state index contributed by atoms with van der Waals surface area (Å²) in [5, 5.41) is 11.9. The predicted molar refractivity (Wildman–Crippen MR) is 139 cm³/mol. The van der Waals surface area contributed by atoms with Crippen LogP contribution in [0.5, 0.6) is 0 Å². The SMILES string of the molecule is Cc1cccc(C2(O)CCN(C(=O)c3ccc(NS(=O)(=O)c4cccc5cccnc45)cc3)CC2)c1. The lowest BCUT2D eigenvalue weighted by Gasteiger charge is -2.38. The number of para-hydroxylation sites is 1. The predicted octanol–water partition coefficient (Wildman–Crippen LogP) is 4.47. The minimum atomic E-state index is -3.87. The summed E-state index contributed by atoms with van der Waals surface area (Å²) < 4.78 is 28.6. The third kappa shape index (κ3) is 4.69. The zero-order valence-electron chi connectivity index (χ0n) is 19.9. The van der Waals surface area contributed by atoms with Crippen LogP contribution in [-0.4, -0.2) is 42.4 Å². The fourth-order valence-electron chi connectivity index (χ4n) is 4.67. The fraction of sp³-hybridized carbons (Fsp3) is 0.214. The van der Waals surface area contributed by atoms with Gasteiger partial charge in [-0.25, -0.2) is 8.42 Å². The number of sulfonamides is 1. The van der Waals surface area contributed by atoms with Crippen molar-refractivity contribution < 1.29 is 18.3 Å². The van der Waals surface area contributed by atoms with E-state index in [-0.39, 0.29) is 10.8 Å². The molecule has 3 aromatic carbocycles. The third-order valence-electron chi connectivity index (χ3n) is 6.70. The highest BCUT2D eigenvalue weighted by Crippen LogP contribution is 2.33. The number of carbonyl (C=O) groups excluding carboxylic acids is 1. The number of pyridine rings is 1. The number of piperidine rings is 1. The van der Waals surface area contributed by atoms with Gasteiger partial charge in [-0.3, -0.25) is 14.5 Å². The smallest absolute Gasteiger partial charge is 0.264 e. The Morgan fingerprint density at radius 1 is 0.972 bits per heavy atom. The minimum absolute atomic E-state index is 0.0927. The molecule has 0 spiro atoms. The Balaban J connectivity index is 1.27. The molecule has 0 unspecified atom stereocenters. The summed E-state index contributed by atoms with van der Waals surface area (Å²) in [6.45, 7) is 2.87. The lowest BCUT2D eigenvalue weighted by molar-refractivity contribution is -0.0211. The first-order valence-electron chi connectivity index (χ1n) is 11.8. The van der Waals surface area contributed by atoms with E-state index in [9.17, 15) is 18.3 Å². The van der Waals surface area contributed by atoms with Crippen LogP contribution in [0.1, 0.15) is 34.3 Å². The molecule has 1 aliphatic rings. The van der Waals surface area contributed by atoms with Gasteiger partial charge in [0.25, 0.3) is 15.9 Å². The number of hydrogen-bond acceptors (Lipinski definition) is 5. The lowest BCUT2D eigenvalue weighted by Crippen LogP contribution is -2.45. The number of likely N-dealkylation sites (tertiary alicyclic amines) is 1. The van der Waals surface area contributed by atoms with Crippen molar-refractivity contribution in [2.24, 2.45) is 0 Å². The van der Waals surface area contributed by atoms with Crippen LogP contribution in [0, 0.1) is 6.92 Å². The molecule has 1 fully saturated rings. The molecule has 0 saturated carbocycles. The largest absolute Gasteiger partial charge is 0.385 e. The van der Waals surface area contributed by atoms with Crippen LogP contribution in [0.4, 0.5) is 5.69 Å². The summed E-state index contributed by atoms with van der Waals surface area (Å²) >= 11 is 0. The van der Waals surface area contributed by atoms with Gasteiger partial charge in [0.1, 0.15) is 4.90 Å². The van der Waals surface area contributed by atoms with E-state index in [1.165, 1.54) is 6.07 Å². The van der Waals surface area contributed by atoms with E-state index in [2.05, 4.69) is 9.71 Å². The second kappa shape index (κ2) is 9.37. The van der Waals surface area contributed by atoms with Gasteiger partial charge in [0.2, 0.25) is 0 Å². The number of nitrogens with one attached hydrogen (secondary N) is 1. The Kier molecular flexibility index (Phi) is 6.24. The highest BCUT2D eigenvalue weighted by molar-refractivity contribution is 7.93. The zero-order valence-corrected chi connectivity index (χ0v) is 20.7. The molecule has 0 atom stereocenters. The molecular formula is C28H27N3O4S. The van der Waals surface area contributed by atoms with Crippen molar-refractivity contribution in [3.8, 4) is 0 Å². The number of fused-ring (bicyclic) bond motifs is 1. The van der Waals surface area contributed by atoms with E-state index in [1.807, 2.05) is 43.3 Å². The molecule has 1 aromatic heterocycles. The number of rotatable bonds is 5. The van der Waals surface area contributed by atoms with Crippen molar-refractivity contribution in [3.63, 3.8) is 0 Å². The van der Waals surface area contributed by atoms with E-state index >= 15 is 0 Å². The van der Waals surface area contributed by atoms with Crippen molar-refractivity contribution >= 4 is 32.5 Å². The highest BCUT2D eigenvalue weighted by atomic mass is 32.2. The summed E-state index contributed by atoms with van der Waals surface area (Å²) in [7, 11) is -3.87. The highest BCUT2D eigenvalue weighted by Gasteiger charge is 2.35. The molecule has 1 amide bonds. The molecule has 2 N–H and O–H groups in total. The quantitative estimate of drug-likeness (QED) is 0.420. The first-order valence-corrected chi connectivity index (χ1v) is 13.3. The number of aryl methyl sites for hydroxylation is 1. The molecule has 1 aliphatic heterocycles. The number of aliphatic hydroxyl groups is 1. The van der Waals surface area contributed by atoms with Gasteiger partial charge in [0, 0.05) is 35.9 Å². The van der Waals surface area contributed by atoms with Gasteiger partial charge in [-0.2, -0.15) is 0 Å². The average Bonchev–Trinajstić information content (AvgIpc) is 2.88. The first-order chi connectivity index (χ1) is 17.2. The summed E-state index contributed by atoms with van der Waals surface area (Å²) in [5.41, 5.74) is 2.24. The summed E-state index contributed by atoms with van der Waals surface area (Å²) in [6, 6.07) is 22.8. The van der Waals surface area contributed by atoms with Crippen LogP contribution in [0.2, 0.25) is 0 Å². The van der Waals surface area contributed by atoms with Gasteiger partial charge in [0.05, 0.1) is 11.1 Å². The average molecular weight is 502 g/mol. The van der Waals surface area contributed by atoms with E-state index in [4.69, 9.17) is 0 Å². The Hall–Kier alpha value is -3.75. The molecular weight excluding hydrogens is 474 g/mol. The molecule has 0 aliphatic carbocycles. The molecule has 36 heavy (non-hydrogen) atoms. The maximum Gasteiger partial charge on any atom is 0.264 e. The molecule has 8 heteroatoms. The maximum atomic E-state index is 13.1. The standard InChI is InChI=1S/C28H27N3O4S/c1-20-5-2-8-23(19-20)28(33)14-17-31(18-15-28)27(32)22-10-12-24(13-11-22)30-36(34,35)25-9-3-6-21-7-4-16-29-26(21)25/h2-13,16,19,30,33H,14-15,17-18H2,1H3. The normalized spacial score (nSPS) is 15.6. The van der Waals surface area contributed by atoms with Gasteiger partial charge in [-0.15, -0.1) is 0 Å². The monoisotopic (exact) mass is 501 g/mol. The van der Waals surface area contributed by atoms with E-state index in [1.54, 1.807) is 47.5 Å². The first kappa shape index (κ1) is 24.0. The summed E-state index contributed by atoms with van der Waals surface area (Å²) in [6.07, 6.45) is 2.47. The Labute approximate surface area is 210 Å². The van der Waals surface area contributed by atoms with Crippen LogP contribution < -0.4 is 4.72 Å². The number of benzene rings is 3. The van der Waals surface area contributed by atoms with Crippen LogP contribution in [0.3, 0.4) is 0 Å². The Morgan fingerprint density at radius 3 is 2.39 bits per heavy atom. The summed E-state index contributed by atoms with van der Waals surface area (Å²) in [4.78, 5) is 19.1. The second-order valence-corrected chi connectivity index (χ2v) is 10.9. The fourth-order valence-corrected chi connectivity index (χ4v) is 5.91.